The van der Waals surface area contributed by atoms with Crippen molar-refractivity contribution < 1.29 is 4.43 Å². The minimum absolute atomic E-state index is 0.0421. The summed E-state index contributed by atoms with van der Waals surface area (Å²) in [6.07, 6.45) is 2.36. The van der Waals surface area contributed by atoms with Crippen molar-refractivity contribution >= 4 is 8.32 Å². The SMILES string of the molecule is C[Si]1(C)CCCC(N)O1. The highest BCUT2D eigenvalue weighted by Gasteiger charge is 2.28. The second-order valence-corrected chi connectivity index (χ2v) is 7.56. The Bertz CT molecular complexity index is 105. The third kappa shape index (κ3) is 2.08. The molecular formula is C6H15NOSi. The van der Waals surface area contributed by atoms with Crippen LogP contribution in [0.15, 0.2) is 0 Å². The molecule has 2 N–H and O–H groups in total. The molecule has 0 aromatic carbocycles. The van der Waals surface area contributed by atoms with Gasteiger partial charge in [-0.15, -0.1) is 0 Å². The van der Waals surface area contributed by atoms with Crippen molar-refractivity contribution in [3.8, 4) is 0 Å². The molecule has 1 fully saturated rings. The zero-order chi connectivity index (χ0) is 6.91. The average molecular weight is 145 g/mol. The largest absolute Gasteiger partial charge is 0.402 e. The smallest absolute Gasteiger partial charge is 0.188 e. The maximum absolute atomic E-state index is 5.62. The van der Waals surface area contributed by atoms with Gasteiger partial charge in [0.2, 0.25) is 0 Å². The van der Waals surface area contributed by atoms with Crippen LogP contribution in [0.1, 0.15) is 12.8 Å². The van der Waals surface area contributed by atoms with Crippen LogP contribution < -0.4 is 5.73 Å². The van der Waals surface area contributed by atoms with E-state index in [4.69, 9.17) is 10.2 Å². The van der Waals surface area contributed by atoms with Gasteiger partial charge in [0.05, 0.1) is 6.23 Å². The molecule has 0 aromatic heterocycles. The summed E-state index contributed by atoms with van der Waals surface area (Å²) in [5.74, 6) is 0. The quantitative estimate of drug-likeness (QED) is 0.521. The van der Waals surface area contributed by atoms with Gasteiger partial charge >= 0.3 is 0 Å². The van der Waals surface area contributed by atoms with Crippen LogP contribution >= 0.6 is 0 Å². The van der Waals surface area contributed by atoms with Crippen LogP contribution in [-0.4, -0.2) is 14.5 Å². The minimum atomic E-state index is -1.28. The first-order valence-electron chi connectivity index (χ1n) is 3.53. The second kappa shape index (κ2) is 2.40. The molecule has 54 valence electrons. The van der Waals surface area contributed by atoms with Crippen LogP contribution in [0.5, 0.6) is 0 Å². The van der Waals surface area contributed by atoms with E-state index < -0.39 is 8.32 Å². The third-order valence-corrected chi connectivity index (χ3v) is 4.24. The highest BCUT2D eigenvalue weighted by atomic mass is 28.4. The van der Waals surface area contributed by atoms with E-state index in [1.54, 1.807) is 0 Å². The van der Waals surface area contributed by atoms with Crippen molar-refractivity contribution in [2.75, 3.05) is 0 Å². The van der Waals surface area contributed by atoms with Gasteiger partial charge in [-0.3, -0.25) is 0 Å². The van der Waals surface area contributed by atoms with Crippen molar-refractivity contribution in [1.29, 1.82) is 0 Å². The molecule has 1 rings (SSSR count). The van der Waals surface area contributed by atoms with Crippen LogP contribution in [0.25, 0.3) is 0 Å². The summed E-state index contributed by atoms with van der Waals surface area (Å²) in [6.45, 7) is 4.46. The molecule has 1 atom stereocenters. The Labute approximate surface area is 57.5 Å². The predicted molar refractivity (Wildman–Crippen MR) is 40.6 cm³/mol. The summed E-state index contributed by atoms with van der Waals surface area (Å²) in [5.41, 5.74) is 5.62. The molecule has 0 amide bonds. The molecular weight excluding hydrogens is 130 g/mol. The second-order valence-electron chi connectivity index (χ2n) is 3.31. The molecule has 0 radical (unpaired) electrons. The summed E-state index contributed by atoms with van der Waals surface area (Å²) in [4.78, 5) is 0. The zero-order valence-corrected chi connectivity index (χ0v) is 7.18. The van der Waals surface area contributed by atoms with Gasteiger partial charge in [-0.1, -0.05) is 0 Å². The number of hydrogen-bond acceptors (Lipinski definition) is 2. The lowest BCUT2D eigenvalue weighted by atomic mass is 10.3. The van der Waals surface area contributed by atoms with Gasteiger partial charge in [0.15, 0.2) is 8.32 Å². The van der Waals surface area contributed by atoms with E-state index in [0.29, 0.717) is 0 Å². The van der Waals surface area contributed by atoms with E-state index in [9.17, 15) is 0 Å². The lowest BCUT2D eigenvalue weighted by Gasteiger charge is -2.32. The van der Waals surface area contributed by atoms with Crippen LogP contribution in [0.2, 0.25) is 19.1 Å². The van der Waals surface area contributed by atoms with E-state index in [2.05, 4.69) is 13.1 Å². The topological polar surface area (TPSA) is 35.2 Å². The summed E-state index contributed by atoms with van der Waals surface area (Å²) in [7, 11) is -1.28. The monoisotopic (exact) mass is 145 g/mol. The summed E-state index contributed by atoms with van der Waals surface area (Å²) in [5, 5.41) is 0. The Morgan fingerprint density at radius 3 is 2.56 bits per heavy atom. The summed E-state index contributed by atoms with van der Waals surface area (Å²) in [6, 6.07) is 1.28. The fraction of sp³-hybridized carbons (Fsp3) is 1.00. The maximum Gasteiger partial charge on any atom is 0.188 e. The van der Waals surface area contributed by atoms with Crippen molar-refractivity contribution in [3.05, 3.63) is 0 Å². The standard InChI is InChI=1S/C6H15NOSi/c1-9(2)5-3-4-6(7)8-9/h6H,3-5,7H2,1-2H3. The number of rotatable bonds is 0. The number of nitrogens with two attached hydrogens (primary N) is 1. The van der Waals surface area contributed by atoms with Gasteiger partial charge in [0, 0.05) is 0 Å². The predicted octanol–water partition coefficient (Wildman–Crippen LogP) is 1.29. The van der Waals surface area contributed by atoms with Crippen LogP contribution in [0, 0.1) is 0 Å². The fourth-order valence-corrected chi connectivity index (χ4v) is 3.37. The molecule has 9 heavy (non-hydrogen) atoms. The van der Waals surface area contributed by atoms with Crippen LogP contribution in [0.4, 0.5) is 0 Å². The minimum Gasteiger partial charge on any atom is -0.402 e. The van der Waals surface area contributed by atoms with E-state index in [1.165, 1.54) is 12.5 Å². The van der Waals surface area contributed by atoms with E-state index in [1.807, 2.05) is 0 Å². The normalized spacial score (nSPS) is 34.3. The molecule has 1 heterocycles. The highest BCUT2D eigenvalue weighted by molar-refractivity contribution is 6.71. The Balaban J connectivity index is 2.41. The number of hydrogen-bond donors (Lipinski definition) is 1. The molecule has 0 aliphatic carbocycles. The molecule has 1 aliphatic heterocycles. The van der Waals surface area contributed by atoms with Gasteiger partial charge < -0.3 is 10.2 Å². The van der Waals surface area contributed by atoms with E-state index in [-0.39, 0.29) is 6.23 Å². The lowest BCUT2D eigenvalue weighted by molar-refractivity contribution is 0.168. The van der Waals surface area contributed by atoms with Gasteiger partial charge in [-0.2, -0.15) is 0 Å². The molecule has 0 aromatic rings. The first-order chi connectivity index (χ1) is 4.10. The Morgan fingerprint density at radius 2 is 2.22 bits per heavy atom. The third-order valence-electron chi connectivity index (χ3n) is 1.74. The van der Waals surface area contributed by atoms with E-state index >= 15 is 0 Å². The average Bonchev–Trinajstić information content (AvgIpc) is 1.60. The summed E-state index contributed by atoms with van der Waals surface area (Å²) >= 11 is 0. The van der Waals surface area contributed by atoms with Crippen LogP contribution in [0.3, 0.4) is 0 Å². The van der Waals surface area contributed by atoms with Gasteiger partial charge in [-0.05, 0) is 32.0 Å². The first kappa shape index (κ1) is 7.25. The maximum atomic E-state index is 5.62. The fourth-order valence-electron chi connectivity index (χ4n) is 1.26. The molecule has 0 spiro atoms. The Morgan fingerprint density at radius 1 is 1.56 bits per heavy atom. The van der Waals surface area contributed by atoms with Crippen molar-refractivity contribution in [3.63, 3.8) is 0 Å². The van der Waals surface area contributed by atoms with Gasteiger partial charge in [0.25, 0.3) is 0 Å². The highest BCUT2D eigenvalue weighted by Crippen LogP contribution is 2.22. The van der Waals surface area contributed by atoms with Crippen molar-refractivity contribution in [2.45, 2.75) is 38.2 Å². The molecule has 3 heteroatoms. The lowest BCUT2D eigenvalue weighted by Crippen LogP contribution is -2.43. The van der Waals surface area contributed by atoms with Crippen molar-refractivity contribution in [2.24, 2.45) is 5.73 Å². The zero-order valence-electron chi connectivity index (χ0n) is 6.18. The first-order valence-corrected chi connectivity index (χ1v) is 6.65. The van der Waals surface area contributed by atoms with Crippen LogP contribution in [-0.2, 0) is 4.43 Å². The molecule has 1 unspecified atom stereocenters. The molecule has 1 aliphatic rings. The van der Waals surface area contributed by atoms with Gasteiger partial charge in [-0.25, -0.2) is 0 Å². The van der Waals surface area contributed by atoms with Gasteiger partial charge in [0.1, 0.15) is 0 Å². The Hall–Kier alpha value is 0.137. The van der Waals surface area contributed by atoms with E-state index in [0.717, 1.165) is 6.42 Å². The molecule has 0 saturated carbocycles. The molecule has 0 bridgehead atoms. The summed E-state index contributed by atoms with van der Waals surface area (Å²) < 4.78 is 5.59. The van der Waals surface area contributed by atoms with Crippen molar-refractivity contribution in [1.82, 2.24) is 0 Å². The molecule has 1 saturated heterocycles. The molecule has 2 nitrogen and oxygen atoms in total. The Kier molecular flexibility index (Phi) is 1.93.